The van der Waals surface area contributed by atoms with Crippen LogP contribution >= 0.6 is 11.3 Å². The van der Waals surface area contributed by atoms with E-state index >= 15 is 0 Å². The minimum Gasteiger partial charge on any atom is -0.475 e. The molecule has 1 amide bonds. The van der Waals surface area contributed by atoms with Crippen LogP contribution in [0.15, 0.2) is 17.5 Å². The quantitative estimate of drug-likeness (QED) is 0.661. The summed E-state index contributed by atoms with van der Waals surface area (Å²) in [6, 6.07) is 4.23. The largest absolute Gasteiger partial charge is 0.490 e. The zero-order chi connectivity index (χ0) is 21.4. The van der Waals surface area contributed by atoms with E-state index in [0.717, 1.165) is 32.7 Å². The summed E-state index contributed by atoms with van der Waals surface area (Å²) in [6.45, 7) is 4.58. The van der Waals surface area contributed by atoms with E-state index in [1.165, 1.54) is 4.88 Å². The van der Waals surface area contributed by atoms with Gasteiger partial charge in [0.1, 0.15) is 0 Å². The standard InChI is InChI=1S/C16H24N2O3S.C2HF3O2/c1-20-7-5-17-16(19)14-10-18(9-12-3-2-8-22-12)11-15-13(14)4-6-21-15;3-2(4,5)1(6)7/h2-3,8,13-15H,4-7,9-11H2,1H3,(H,17,19);(H,6,7)/t13-,14-,15+;/m0./s1. The number of nitrogens with zero attached hydrogens (tertiary/aromatic N) is 1. The van der Waals surface area contributed by atoms with E-state index in [-0.39, 0.29) is 17.9 Å². The van der Waals surface area contributed by atoms with E-state index in [9.17, 15) is 18.0 Å². The van der Waals surface area contributed by atoms with Crippen LogP contribution in [0.4, 0.5) is 13.2 Å². The summed E-state index contributed by atoms with van der Waals surface area (Å²) in [4.78, 5) is 25.1. The maximum atomic E-state index is 12.5. The molecule has 164 valence electrons. The Bertz CT molecular complexity index is 656. The SMILES string of the molecule is COCCNC(=O)[C@H]1CN(Cc2cccs2)C[C@H]2OCC[C@@H]12.O=C(O)C(F)(F)F. The Balaban J connectivity index is 0.000000370. The topological polar surface area (TPSA) is 88.1 Å². The average molecular weight is 438 g/mol. The molecule has 2 N–H and O–H groups in total. The summed E-state index contributed by atoms with van der Waals surface area (Å²) >= 11 is 1.77. The van der Waals surface area contributed by atoms with E-state index in [4.69, 9.17) is 19.4 Å². The summed E-state index contributed by atoms with van der Waals surface area (Å²) in [5.41, 5.74) is 0. The number of amides is 1. The van der Waals surface area contributed by atoms with Crippen molar-refractivity contribution in [3.05, 3.63) is 22.4 Å². The van der Waals surface area contributed by atoms with E-state index in [2.05, 4.69) is 27.7 Å². The maximum Gasteiger partial charge on any atom is 0.490 e. The molecule has 2 saturated heterocycles. The summed E-state index contributed by atoms with van der Waals surface area (Å²) in [7, 11) is 1.65. The van der Waals surface area contributed by atoms with Gasteiger partial charge in [0, 0.05) is 50.7 Å². The third kappa shape index (κ3) is 7.25. The fourth-order valence-electron chi connectivity index (χ4n) is 3.49. The highest BCUT2D eigenvalue weighted by Crippen LogP contribution is 2.34. The van der Waals surface area contributed by atoms with Gasteiger partial charge < -0.3 is 19.9 Å². The number of likely N-dealkylation sites (tertiary alicyclic amines) is 1. The molecule has 2 aliphatic rings. The lowest BCUT2D eigenvalue weighted by Gasteiger charge is -2.39. The number of carbonyl (C=O) groups excluding carboxylic acids is 1. The van der Waals surface area contributed by atoms with Crippen molar-refractivity contribution in [3.8, 4) is 0 Å². The van der Waals surface area contributed by atoms with Crippen LogP contribution in [0.1, 0.15) is 11.3 Å². The first kappa shape index (κ1) is 23.6. The summed E-state index contributed by atoms with van der Waals surface area (Å²) in [5, 5.41) is 12.2. The van der Waals surface area contributed by atoms with Crippen LogP contribution in [0.25, 0.3) is 0 Å². The number of methoxy groups -OCH3 is 1. The molecule has 1 aromatic rings. The second-order valence-electron chi connectivity index (χ2n) is 6.83. The van der Waals surface area contributed by atoms with E-state index < -0.39 is 12.1 Å². The molecule has 7 nitrogen and oxygen atoms in total. The Hall–Kier alpha value is -1.69. The second kappa shape index (κ2) is 10.9. The molecule has 1 aromatic heterocycles. The molecule has 11 heteroatoms. The van der Waals surface area contributed by atoms with Crippen LogP contribution in [0, 0.1) is 11.8 Å². The van der Waals surface area contributed by atoms with Gasteiger partial charge in [0.2, 0.25) is 5.91 Å². The second-order valence-corrected chi connectivity index (χ2v) is 7.86. The lowest BCUT2D eigenvalue weighted by atomic mass is 9.82. The highest BCUT2D eigenvalue weighted by Gasteiger charge is 2.43. The predicted molar refractivity (Wildman–Crippen MR) is 99.5 cm³/mol. The van der Waals surface area contributed by atoms with Crippen molar-refractivity contribution in [3.63, 3.8) is 0 Å². The molecule has 2 fully saturated rings. The number of carboxylic acids is 1. The minimum absolute atomic E-state index is 0.0260. The first-order chi connectivity index (χ1) is 13.7. The molecule has 0 bridgehead atoms. The van der Waals surface area contributed by atoms with Gasteiger partial charge in [0.25, 0.3) is 0 Å². The highest BCUT2D eigenvalue weighted by molar-refractivity contribution is 7.09. The van der Waals surface area contributed by atoms with Crippen molar-refractivity contribution in [2.45, 2.75) is 25.2 Å². The van der Waals surface area contributed by atoms with Gasteiger partial charge >= 0.3 is 12.1 Å². The van der Waals surface area contributed by atoms with Gasteiger partial charge in [-0.2, -0.15) is 13.2 Å². The molecule has 29 heavy (non-hydrogen) atoms. The number of hydrogen-bond donors (Lipinski definition) is 2. The van der Waals surface area contributed by atoms with Crippen molar-refractivity contribution >= 4 is 23.2 Å². The van der Waals surface area contributed by atoms with Crippen molar-refractivity contribution in [2.75, 3.05) is 40.0 Å². The lowest BCUT2D eigenvalue weighted by Crippen LogP contribution is -2.52. The van der Waals surface area contributed by atoms with Gasteiger partial charge in [0.05, 0.1) is 18.6 Å². The van der Waals surface area contributed by atoms with Crippen LogP contribution in [0.2, 0.25) is 0 Å². The lowest BCUT2D eigenvalue weighted by molar-refractivity contribution is -0.192. The van der Waals surface area contributed by atoms with Crippen molar-refractivity contribution < 1.29 is 37.3 Å². The highest BCUT2D eigenvalue weighted by atomic mass is 32.1. The summed E-state index contributed by atoms with van der Waals surface area (Å²) in [6.07, 6.45) is -3.88. The Morgan fingerprint density at radius 3 is 2.72 bits per heavy atom. The molecule has 0 saturated carbocycles. The molecule has 0 spiro atoms. The Morgan fingerprint density at radius 2 is 2.14 bits per heavy atom. The van der Waals surface area contributed by atoms with Crippen molar-refractivity contribution in [2.24, 2.45) is 11.8 Å². The molecule has 0 radical (unpaired) electrons. The van der Waals surface area contributed by atoms with Crippen LogP contribution in [0.5, 0.6) is 0 Å². The van der Waals surface area contributed by atoms with E-state index in [1.807, 2.05) is 0 Å². The number of hydrogen-bond acceptors (Lipinski definition) is 6. The number of thiophene rings is 1. The number of alkyl halides is 3. The van der Waals surface area contributed by atoms with Gasteiger partial charge in [-0.25, -0.2) is 4.79 Å². The molecule has 3 atom stereocenters. The van der Waals surface area contributed by atoms with Gasteiger partial charge in [-0.05, 0) is 17.9 Å². The molecule has 0 unspecified atom stereocenters. The first-order valence-electron chi connectivity index (χ1n) is 9.15. The van der Waals surface area contributed by atoms with Crippen LogP contribution < -0.4 is 5.32 Å². The molecule has 3 heterocycles. The monoisotopic (exact) mass is 438 g/mol. The summed E-state index contributed by atoms with van der Waals surface area (Å²) in [5.74, 6) is -2.22. The number of rotatable bonds is 6. The summed E-state index contributed by atoms with van der Waals surface area (Å²) < 4.78 is 42.6. The predicted octanol–water partition coefficient (Wildman–Crippen LogP) is 1.98. The fourth-order valence-corrected chi connectivity index (χ4v) is 4.24. The normalized spacial score (nSPS) is 24.3. The molecular formula is C18H25F3N2O5S. The van der Waals surface area contributed by atoms with Crippen molar-refractivity contribution in [1.82, 2.24) is 10.2 Å². The first-order valence-corrected chi connectivity index (χ1v) is 10.0. The van der Waals surface area contributed by atoms with Crippen LogP contribution in [0.3, 0.4) is 0 Å². The van der Waals surface area contributed by atoms with Crippen LogP contribution in [-0.4, -0.2) is 74.1 Å². The number of fused-ring (bicyclic) bond motifs is 1. The minimum atomic E-state index is -5.08. The van der Waals surface area contributed by atoms with E-state index in [0.29, 0.717) is 19.1 Å². The van der Waals surface area contributed by atoms with Crippen LogP contribution in [-0.2, 0) is 25.6 Å². The van der Waals surface area contributed by atoms with Gasteiger partial charge in [-0.15, -0.1) is 11.3 Å². The fraction of sp³-hybridized carbons (Fsp3) is 0.667. The third-order valence-corrected chi connectivity index (χ3v) is 5.68. The zero-order valence-electron chi connectivity index (χ0n) is 16.0. The van der Waals surface area contributed by atoms with Gasteiger partial charge in [0.15, 0.2) is 0 Å². The third-order valence-electron chi connectivity index (χ3n) is 4.81. The van der Waals surface area contributed by atoms with Gasteiger partial charge in [-0.1, -0.05) is 6.07 Å². The van der Waals surface area contributed by atoms with E-state index in [1.54, 1.807) is 18.4 Å². The van der Waals surface area contributed by atoms with Crippen molar-refractivity contribution in [1.29, 1.82) is 0 Å². The number of carboxylic acid groups (broad SMARTS) is 1. The Labute approximate surface area is 170 Å². The number of ether oxygens (including phenoxy) is 2. The average Bonchev–Trinajstić information content (AvgIpc) is 3.32. The number of halogens is 3. The van der Waals surface area contributed by atoms with Gasteiger partial charge in [-0.3, -0.25) is 9.69 Å². The molecular weight excluding hydrogens is 413 g/mol. The molecule has 0 aromatic carbocycles. The number of piperidine rings is 1. The maximum absolute atomic E-state index is 12.5. The molecule has 3 rings (SSSR count). The Morgan fingerprint density at radius 1 is 1.41 bits per heavy atom. The number of carbonyl (C=O) groups is 2. The smallest absolute Gasteiger partial charge is 0.475 e. The molecule has 0 aliphatic carbocycles. The zero-order valence-corrected chi connectivity index (χ0v) is 16.8. The number of nitrogens with one attached hydrogen (secondary N) is 1. The number of aliphatic carboxylic acids is 1. The molecule has 2 aliphatic heterocycles. The Kier molecular flexibility index (Phi) is 8.87.